The first kappa shape index (κ1) is 33.5. The van der Waals surface area contributed by atoms with Crippen LogP contribution in [0.3, 0.4) is 0 Å². The number of likely N-dealkylation sites (N-methyl/N-ethyl adjacent to an activating group) is 1. The van der Waals surface area contributed by atoms with E-state index in [-0.39, 0.29) is 29.7 Å². The van der Waals surface area contributed by atoms with Gasteiger partial charge < -0.3 is 20.1 Å². The second-order valence-electron chi connectivity index (χ2n) is 13.3. The Hall–Kier alpha value is -5.69. The molecule has 52 heavy (non-hydrogen) atoms. The highest BCUT2D eigenvalue weighted by molar-refractivity contribution is 7.92. The predicted octanol–water partition coefficient (Wildman–Crippen LogP) is 6.54. The molecule has 2 aliphatic carbocycles. The lowest BCUT2D eigenvalue weighted by Crippen LogP contribution is -2.45. The number of nitrogens with zero attached hydrogens (tertiary/aromatic N) is 4. The van der Waals surface area contributed by atoms with Gasteiger partial charge in [0.2, 0.25) is 5.88 Å². The number of anilines is 1. The monoisotopic (exact) mass is 720 g/mol. The third-order valence-electron chi connectivity index (χ3n) is 10.4. The van der Waals surface area contributed by atoms with E-state index in [1.54, 1.807) is 0 Å². The SMILES string of the molecule is CN(C(=O)O)[C@@H]1COc2c(S(=O)(=NC(c3ccccc3)(c3ccccc3)c3ccccc3)NC(=O)Nc3c4c(c(F)c5c3CC5)CCC4)cnn2C1. The number of urea groups is 1. The Labute approximate surface area is 300 Å². The molecule has 0 spiro atoms. The normalized spacial score (nSPS) is 16.9. The molecule has 0 radical (unpaired) electrons. The number of carbonyl (C=O) groups is 2. The number of halogens is 1. The lowest BCUT2D eigenvalue weighted by atomic mass is 9.78. The van der Waals surface area contributed by atoms with E-state index < -0.39 is 33.6 Å². The fourth-order valence-electron chi connectivity index (χ4n) is 7.59. The third-order valence-corrected chi connectivity index (χ3v) is 12.2. The van der Waals surface area contributed by atoms with Crippen molar-refractivity contribution in [3.63, 3.8) is 0 Å². The quantitative estimate of drug-likeness (QED) is 0.156. The lowest BCUT2D eigenvalue weighted by molar-refractivity contribution is 0.0874. The number of hydrogen-bond acceptors (Lipinski definition) is 6. The highest BCUT2D eigenvalue weighted by atomic mass is 32.2. The molecule has 0 saturated heterocycles. The number of carbonyl (C=O) groups excluding carboxylic acids is 1. The van der Waals surface area contributed by atoms with Crippen LogP contribution in [0.15, 0.2) is 106 Å². The Kier molecular flexibility index (Phi) is 8.45. The van der Waals surface area contributed by atoms with E-state index in [1.165, 1.54) is 17.9 Å². The van der Waals surface area contributed by atoms with E-state index in [2.05, 4.69) is 15.1 Å². The first-order valence-corrected chi connectivity index (χ1v) is 18.7. The van der Waals surface area contributed by atoms with Gasteiger partial charge in [-0.05, 0) is 71.0 Å². The summed E-state index contributed by atoms with van der Waals surface area (Å²) >= 11 is 0. The van der Waals surface area contributed by atoms with Crippen LogP contribution in [-0.2, 0) is 47.7 Å². The van der Waals surface area contributed by atoms with Crippen molar-refractivity contribution in [3.05, 3.63) is 142 Å². The fraction of sp³-hybridized carbons (Fsp3) is 0.256. The molecule has 0 bridgehead atoms. The van der Waals surface area contributed by atoms with Crippen LogP contribution in [0.5, 0.6) is 5.88 Å². The van der Waals surface area contributed by atoms with Crippen LogP contribution < -0.4 is 14.8 Å². The van der Waals surface area contributed by atoms with Crippen molar-refractivity contribution in [1.82, 2.24) is 19.4 Å². The molecule has 3 aliphatic rings. The summed E-state index contributed by atoms with van der Waals surface area (Å²) < 4.78 is 46.9. The smallest absolute Gasteiger partial charge is 0.407 e. The molecule has 1 unspecified atom stereocenters. The van der Waals surface area contributed by atoms with Crippen molar-refractivity contribution in [2.75, 3.05) is 19.0 Å². The number of fused-ring (bicyclic) bond motifs is 3. The summed E-state index contributed by atoms with van der Waals surface area (Å²) in [6.07, 6.45) is 3.48. The number of aromatic nitrogens is 2. The van der Waals surface area contributed by atoms with Crippen LogP contribution in [0, 0.1) is 5.82 Å². The molecule has 0 fully saturated rings. The van der Waals surface area contributed by atoms with Gasteiger partial charge in [0.05, 0.1) is 18.8 Å². The van der Waals surface area contributed by atoms with Crippen molar-refractivity contribution in [2.24, 2.45) is 4.36 Å². The number of amides is 3. The standard InChI is InChI=1S/C39H37FN6O5S/c1-45(38(48)49)28-23-46-36(51-24-28)33(22-41-46)52(50,43-37(47)42-35-31-19-11-18-29(31)34(40)30-20-21-32(30)35)44-39(25-12-5-2-6-13-25,26-14-7-3-8-15-26)27-16-9-4-10-17-27/h2-10,12-17,22,28H,11,18-21,23-24H2,1H3,(H,48,49)(H2,42,43,44,47,50)/t28-,52?/m0/s1. The summed E-state index contributed by atoms with van der Waals surface area (Å²) in [4.78, 5) is 27.2. The van der Waals surface area contributed by atoms with E-state index in [0.29, 0.717) is 59.2 Å². The number of rotatable bonds is 8. The van der Waals surface area contributed by atoms with E-state index >= 15 is 8.60 Å². The molecule has 5 aromatic rings. The van der Waals surface area contributed by atoms with Gasteiger partial charge in [0.1, 0.15) is 22.9 Å². The zero-order valence-corrected chi connectivity index (χ0v) is 29.2. The third kappa shape index (κ3) is 5.56. The molecule has 11 nitrogen and oxygen atoms in total. The van der Waals surface area contributed by atoms with E-state index in [1.807, 2.05) is 91.0 Å². The first-order valence-electron chi connectivity index (χ1n) is 17.2. The molecule has 3 amide bonds. The van der Waals surface area contributed by atoms with Gasteiger partial charge in [-0.3, -0.25) is 0 Å². The maximum absolute atomic E-state index is 16.0. The van der Waals surface area contributed by atoms with Gasteiger partial charge in [-0.1, -0.05) is 91.0 Å². The predicted molar refractivity (Wildman–Crippen MR) is 193 cm³/mol. The second kappa shape index (κ2) is 13.1. The molecular formula is C39H37FN6O5S. The number of benzene rings is 4. The van der Waals surface area contributed by atoms with Crippen LogP contribution in [0.2, 0.25) is 0 Å². The Balaban J connectivity index is 1.33. The van der Waals surface area contributed by atoms with Crippen LogP contribution in [0.25, 0.3) is 0 Å². The van der Waals surface area contributed by atoms with Crippen LogP contribution >= 0.6 is 0 Å². The molecule has 1 aliphatic heterocycles. The molecule has 1 aromatic heterocycles. The molecule has 2 heterocycles. The lowest BCUT2D eigenvalue weighted by Gasteiger charge is -2.33. The van der Waals surface area contributed by atoms with Crippen LogP contribution in [0.1, 0.15) is 45.4 Å². The highest BCUT2D eigenvalue weighted by Crippen LogP contribution is 2.44. The molecule has 266 valence electrons. The van der Waals surface area contributed by atoms with Gasteiger partial charge in [0.25, 0.3) is 0 Å². The van der Waals surface area contributed by atoms with Crippen molar-refractivity contribution in [3.8, 4) is 5.88 Å². The maximum atomic E-state index is 16.0. The van der Waals surface area contributed by atoms with E-state index in [0.717, 1.165) is 22.4 Å². The molecule has 0 saturated carbocycles. The van der Waals surface area contributed by atoms with Crippen molar-refractivity contribution < 1.29 is 28.0 Å². The van der Waals surface area contributed by atoms with Crippen molar-refractivity contribution in [2.45, 2.75) is 55.1 Å². The van der Waals surface area contributed by atoms with Crippen LogP contribution in [0.4, 0.5) is 19.7 Å². The molecule has 3 N–H and O–H groups in total. The largest absolute Gasteiger partial charge is 0.475 e. The highest BCUT2D eigenvalue weighted by Gasteiger charge is 2.41. The summed E-state index contributed by atoms with van der Waals surface area (Å²) in [5.74, 6) is -0.0636. The number of nitrogens with one attached hydrogen (secondary N) is 2. The van der Waals surface area contributed by atoms with Gasteiger partial charge in [-0.2, -0.15) is 9.46 Å². The van der Waals surface area contributed by atoms with Gasteiger partial charge in [0.15, 0.2) is 9.92 Å². The maximum Gasteiger partial charge on any atom is 0.407 e. The molecule has 13 heteroatoms. The van der Waals surface area contributed by atoms with Crippen molar-refractivity contribution >= 4 is 27.7 Å². The van der Waals surface area contributed by atoms with Gasteiger partial charge >= 0.3 is 12.1 Å². The zero-order chi connectivity index (χ0) is 36.0. The zero-order valence-electron chi connectivity index (χ0n) is 28.4. The first-order chi connectivity index (χ1) is 25.2. The van der Waals surface area contributed by atoms with E-state index in [9.17, 15) is 14.7 Å². The topological polar surface area (TPSA) is 138 Å². The minimum Gasteiger partial charge on any atom is -0.475 e. The van der Waals surface area contributed by atoms with Crippen LogP contribution in [-0.4, -0.2) is 55.8 Å². The molecular weight excluding hydrogens is 684 g/mol. The molecule has 4 aromatic carbocycles. The Morgan fingerprint density at radius 1 is 0.904 bits per heavy atom. The fourth-order valence-corrected chi connectivity index (χ4v) is 9.44. The number of hydrogen-bond donors (Lipinski definition) is 3. The Morgan fingerprint density at radius 2 is 1.44 bits per heavy atom. The second-order valence-corrected chi connectivity index (χ2v) is 15.2. The summed E-state index contributed by atoms with van der Waals surface area (Å²) in [7, 11) is -2.57. The summed E-state index contributed by atoms with van der Waals surface area (Å²) in [5.41, 5.74) is 4.06. The number of ether oxygens (including phenoxy) is 1. The van der Waals surface area contributed by atoms with E-state index in [4.69, 9.17) is 9.10 Å². The summed E-state index contributed by atoms with van der Waals surface area (Å²) in [6.45, 7) is 0.104. The molecule has 8 rings (SSSR count). The van der Waals surface area contributed by atoms with Crippen molar-refractivity contribution in [1.29, 1.82) is 0 Å². The van der Waals surface area contributed by atoms with Gasteiger partial charge in [0, 0.05) is 12.7 Å². The Bertz CT molecular complexity index is 2210. The minimum atomic E-state index is -4.02. The summed E-state index contributed by atoms with van der Waals surface area (Å²) in [5, 5.41) is 17.0. The average molecular weight is 721 g/mol. The molecule has 2 atom stereocenters. The summed E-state index contributed by atoms with van der Waals surface area (Å²) in [6, 6.07) is 27.0. The van der Waals surface area contributed by atoms with Gasteiger partial charge in [-0.15, -0.1) is 0 Å². The Morgan fingerprint density at radius 3 is 2.00 bits per heavy atom. The number of carboxylic acid groups (broad SMARTS) is 1. The minimum absolute atomic E-state index is 0.0295. The average Bonchev–Trinajstić information content (AvgIpc) is 3.82. The van der Waals surface area contributed by atoms with Gasteiger partial charge in [-0.25, -0.2) is 27.6 Å².